The molecule has 5 aromatic heterocycles. The molecule has 0 aliphatic rings. The maximum absolute atomic E-state index is 5.78. The summed E-state index contributed by atoms with van der Waals surface area (Å²) in [6, 6.07) is 5.85. The third-order valence-corrected chi connectivity index (χ3v) is 4.61. The molecule has 0 aromatic carbocycles. The van der Waals surface area contributed by atoms with Gasteiger partial charge in [0.05, 0.1) is 12.2 Å². The first kappa shape index (κ1) is 18.8. The van der Waals surface area contributed by atoms with Crippen LogP contribution < -0.4 is 5.32 Å². The molecule has 5 rings (SSSR count). The predicted octanol–water partition coefficient (Wildman–Crippen LogP) is 3.74. The van der Waals surface area contributed by atoms with Crippen LogP contribution in [0.15, 0.2) is 61.6 Å². The Kier molecular flexibility index (Phi) is 5.35. The van der Waals surface area contributed by atoms with Crippen molar-refractivity contribution in [3.63, 3.8) is 0 Å². The first-order valence-electron chi connectivity index (χ1n) is 9.00. The van der Waals surface area contributed by atoms with Gasteiger partial charge < -0.3 is 9.72 Å². The van der Waals surface area contributed by atoms with E-state index in [1.807, 2.05) is 59.4 Å². The van der Waals surface area contributed by atoms with Crippen LogP contribution in [0, 0.1) is 13.8 Å². The van der Waals surface area contributed by atoms with Crippen molar-refractivity contribution in [1.29, 1.82) is 0 Å². The molecule has 0 fully saturated rings. The summed E-state index contributed by atoms with van der Waals surface area (Å²) >= 11 is 5.78. The van der Waals surface area contributed by atoms with Gasteiger partial charge in [0, 0.05) is 54.8 Å². The second-order valence-electron chi connectivity index (χ2n) is 6.35. The standard InChI is InChI=1S/C13H13N5.C7H6ClN3/c1-10-8-17-13-12(15-6-7-18(10)13)16-9-11-4-2-3-5-14-11;1-5-4-10-7-6(8)9-2-3-11(5)7/h2-8H,9H2,1H3,(H,15,16);2-4H,1H3. The largest absolute Gasteiger partial charge is 0.361 e. The molecule has 0 spiro atoms. The molecular weight excluding hydrogens is 388 g/mol. The number of halogens is 1. The Morgan fingerprint density at radius 3 is 2.21 bits per heavy atom. The van der Waals surface area contributed by atoms with Crippen molar-refractivity contribution in [1.82, 2.24) is 33.7 Å². The van der Waals surface area contributed by atoms with Gasteiger partial charge >= 0.3 is 0 Å². The highest BCUT2D eigenvalue weighted by Gasteiger charge is 2.06. The Morgan fingerprint density at radius 1 is 0.828 bits per heavy atom. The number of nitrogens with one attached hydrogen (secondary N) is 1. The summed E-state index contributed by atoms with van der Waals surface area (Å²) < 4.78 is 3.91. The highest BCUT2D eigenvalue weighted by molar-refractivity contribution is 6.32. The molecule has 0 unspecified atom stereocenters. The summed E-state index contributed by atoms with van der Waals surface area (Å²) in [5.74, 6) is 0.774. The third kappa shape index (κ3) is 4.02. The van der Waals surface area contributed by atoms with Crippen LogP contribution in [0.3, 0.4) is 0 Å². The Bertz CT molecular complexity index is 1250. The van der Waals surface area contributed by atoms with Crippen molar-refractivity contribution in [3.05, 3.63) is 83.8 Å². The van der Waals surface area contributed by atoms with Gasteiger partial charge in [-0.15, -0.1) is 0 Å². The maximum atomic E-state index is 5.78. The number of hydrogen-bond acceptors (Lipinski definition) is 6. The summed E-state index contributed by atoms with van der Waals surface area (Å²) in [7, 11) is 0. The summed E-state index contributed by atoms with van der Waals surface area (Å²) in [6.45, 7) is 4.62. The fraction of sp³-hybridized carbons (Fsp3) is 0.150. The lowest BCUT2D eigenvalue weighted by Gasteiger charge is -2.06. The predicted molar refractivity (Wildman–Crippen MR) is 112 cm³/mol. The summed E-state index contributed by atoms with van der Waals surface area (Å²) in [5, 5.41) is 3.71. The monoisotopic (exact) mass is 406 g/mol. The number of imidazole rings is 2. The molecule has 146 valence electrons. The molecule has 9 heteroatoms. The molecule has 0 atom stereocenters. The molecule has 0 bridgehead atoms. The molecule has 5 heterocycles. The van der Waals surface area contributed by atoms with Gasteiger partial charge in [-0.05, 0) is 26.0 Å². The van der Waals surface area contributed by atoms with E-state index < -0.39 is 0 Å². The lowest BCUT2D eigenvalue weighted by atomic mass is 10.3. The van der Waals surface area contributed by atoms with E-state index in [1.54, 1.807) is 24.8 Å². The summed E-state index contributed by atoms with van der Waals surface area (Å²) in [6.07, 6.45) is 12.6. The lowest BCUT2D eigenvalue weighted by molar-refractivity contribution is 1.01. The Hall–Kier alpha value is -3.52. The smallest absolute Gasteiger partial charge is 0.180 e. The van der Waals surface area contributed by atoms with E-state index in [-0.39, 0.29) is 0 Å². The van der Waals surface area contributed by atoms with E-state index in [2.05, 4.69) is 30.2 Å². The minimum Gasteiger partial charge on any atom is -0.361 e. The molecule has 0 radical (unpaired) electrons. The maximum Gasteiger partial charge on any atom is 0.180 e. The lowest BCUT2D eigenvalue weighted by Crippen LogP contribution is -2.05. The van der Waals surface area contributed by atoms with Gasteiger partial charge in [-0.25, -0.2) is 19.9 Å². The Labute approximate surface area is 172 Å². The highest BCUT2D eigenvalue weighted by Crippen LogP contribution is 2.14. The van der Waals surface area contributed by atoms with Gasteiger partial charge in [-0.1, -0.05) is 17.7 Å². The molecule has 5 aromatic rings. The van der Waals surface area contributed by atoms with Crippen molar-refractivity contribution in [2.75, 3.05) is 5.32 Å². The van der Waals surface area contributed by atoms with Crippen molar-refractivity contribution < 1.29 is 0 Å². The number of nitrogens with zero attached hydrogens (tertiary/aromatic N) is 7. The molecular formula is C20H19ClN8. The highest BCUT2D eigenvalue weighted by atomic mass is 35.5. The fourth-order valence-corrected chi connectivity index (χ4v) is 3.05. The van der Waals surface area contributed by atoms with Crippen LogP contribution in [-0.2, 0) is 6.54 Å². The molecule has 1 N–H and O–H groups in total. The van der Waals surface area contributed by atoms with E-state index in [4.69, 9.17) is 11.6 Å². The second-order valence-corrected chi connectivity index (χ2v) is 6.71. The van der Waals surface area contributed by atoms with E-state index in [0.29, 0.717) is 17.3 Å². The summed E-state index contributed by atoms with van der Waals surface area (Å²) in [5.41, 5.74) is 4.68. The van der Waals surface area contributed by atoms with Gasteiger partial charge in [-0.2, -0.15) is 0 Å². The second kappa shape index (κ2) is 8.24. The van der Waals surface area contributed by atoms with Crippen LogP contribution >= 0.6 is 11.6 Å². The van der Waals surface area contributed by atoms with Gasteiger partial charge in [-0.3, -0.25) is 9.38 Å². The van der Waals surface area contributed by atoms with Crippen LogP contribution in [0.4, 0.5) is 5.82 Å². The third-order valence-electron chi connectivity index (χ3n) is 4.35. The van der Waals surface area contributed by atoms with Crippen LogP contribution in [-0.4, -0.2) is 33.7 Å². The van der Waals surface area contributed by atoms with Gasteiger partial charge in [0.25, 0.3) is 0 Å². The van der Waals surface area contributed by atoms with E-state index in [0.717, 1.165) is 28.5 Å². The molecule has 0 amide bonds. The van der Waals surface area contributed by atoms with Crippen molar-refractivity contribution in [2.45, 2.75) is 20.4 Å². The SMILES string of the molecule is Cc1cnc2c(Cl)nccn12.Cc1cnc2c(NCc3ccccn3)nccn12. The molecule has 0 aliphatic carbocycles. The van der Waals surface area contributed by atoms with E-state index in [9.17, 15) is 0 Å². The van der Waals surface area contributed by atoms with Gasteiger partial charge in [0.2, 0.25) is 0 Å². The average Bonchev–Trinajstić information content (AvgIpc) is 3.32. The number of aryl methyl sites for hydroxylation is 2. The van der Waals surface area contributed by atoms with E-state index in [1.165, 1.54) is 0 Å². The average molecular weight is 407 g/mol. The van der Waals surface area contributed by atoms with Crippen LogP contribution in [0.2, 0.25) is 5.15 Å². The summed E-state index contributed by atoms with van der Waals surface area (Å²) in [4.78, 5) is 20.9. The van der Waals surface area contributed by atoms with Crippen molar-refractivity contribution >= 4 is 28.7 Å². The zero-order valence-corrected chi connectivity index (χ0v) is 16.7. The molecule has 8 nitrogen and oxygen atoms in total. The zero-order chi connectivity index (χ0) is 20.2. The fourth-order valence-electron chi connectivity index (χ4n) is 2.85. The number of aromatic nitrogens is 7. The molecule has 29 heavy (non-hydrogen) atoms. The molecule has 0 aliphatic heterocycles. The molecule has 0 saturated heterocycles. The molecule has 0 saturated carbocycles. The Morgan fingerprint density at radius 2 is 1.52 bits per heavy atom. The van der Waals surface area contributed by atoms with Crippen LogP contribution in [0.25, 0.3) is 11.3 Å². The first-order chi connectivity index (χ1) is 14.1. The minimum absolute atomic E-state index is 0.445. The number of hydrogen-bond donors (Lipinski definition) is 1. The number of anilines is 1. The van der Waals surface area contributed by atoms with Crippen molar-refractivity contribution in [2.24, 2.45) is 0 Å². The normalized spacial score (nSPS) is 10.7. The van der Waals surface area contributed by atoms with E-state index >= 15 is 0 Å². The van der Waals surface area contributed by atoms with Crippen molar-refractivity contribution in [3.8, 4) is 0 Å². The Balaban J connectivity index is 0.000000159. The van der Waals surface area contributed by atoms with Gasteiger partial charge in [0.15, 0.2) is 22.3 Å². The number of fused-ring (bicyclic) bond motifs is 2. The first-order valence-corrected chi connectivity index (χ1v) is 9.38. The number of pyridine rings is 1. The zero-order valence-electron chi connectivity index (χ0n) is 16.0. The minimum atomic E-state index is 0.445. The number of rotatable bonds is 3. The van der Waals surface area contributed by atoms with Crippen LogP contribution in [0.5, 0.6) is 0 Å². The van der Waals surface area contributed by atoms with Crippen LogP contribution in [0.1, 0.15) is 17.1 Å². The quantitative estimate of drug-likeness (QED) is 0.491. The topological polar surface area (TPSA) is 85.3 Å². The van der Waals surface area contributed by atoms with Gasteiger partial charge in [0.1, 0.15) is 0 Å².